The topological polar surface area (TPSA) is 47.3 Å². The molecule has 0 saturated carbocycles. The number of piperidine rings is 1. The lowest BCUT2D eigenvalue weighted by Gasteiger charge is -2.35. The van der Waals surface area contributed by atoms with Crippen molar-refractivity contribution in [1.29, 1.82) is 5.26 Å². The average molecular weight is 343 g/mol. The predicted octanol–water partition coefficient (Wildman–Crippen LogP) is 3.56. The lowest BCUT2D eigenvalue weighted by Crippen LogP contribution is -2.39. The largest absolute Gasteiger partial charge is 0.370 e. The second-order valence-electron chi connectivity index (χ2n) is 7.27. The van der Waals surface area contributed by atoms with E-state index in [0.29, 0.717) is 11.8 Å². The Morgan fingerprint density at radius 2 is 1.80 bits per heavy atom. The molecule has 0 bridgehead atoms. The molecule has 0 aromatic heterocycles. The number of hydrogen-bond acceptors (Lipinski definition) is 3. The van der Waals surface area contributed by atoms with Gasteiger partial charge in [0.25, 0.3) is 0 Å². The minimum Gasteiger partial charge on any atom is -0.370 e. The van der Waals surface area contributed by atoms with E-state index in [4.69, 9.17) is 0 Å². The summed E-state index contributed by atoms with van der Waals surface area (Å²) in [5.74, 6) is 1.09. The molecule has 0 radical (unpaired) electrons. The van der Waals surface area contributed by atoms with Gasteiger partial charge < -0.3 is 9.80 Å². The molecule has 1 aromatic rings. The predicted molar refractivity (Wildman–Crippen MR) is 95.6 cm³/mol. The van der Waals surface area contributed by atoms with E-state index in [1.807, 2.05) is 17.0 Å². The van der Waals surface area contributed by atoms with Crippen LogP contribution in [0.15, 0.2) is 18.2 Å². The first-order valence-corrected chi connectivity index (χ1v) is 9.29. The summed E-state index contributed by atoms with van der Waals surface area (Å²) in [6.07, 6.45) is 5.50. The minimum absolute atomic E-state index is 0.163. The van der Waals surface area contributed by atoms with Crippen molar-refractivity contribution in [3.8, 4) is 6.07 Å². The molecule has 2 heterocycles. The summed E-state index contributed by atoms with van der Waals surface area (Å²) in [5, 5.41) is 9.28. The van der Waals surface area contributed by atoms with Gasteiger partial charge in [-0.05, 0) is 56.1 Å². The van der Waals surface area contributed by atoms with E-state index in [0.717, 1.165) is 57.5 Å². The Hall–Kier alpha value is -2.09. The zero-order valence-electron chi connectivity index (χ0n) is 14.9. The lowest BCUT2D eigenvalue weighted by atomic mass is 9.80. The Labute approximate surface area is 149 Å². The second kappa shape index (κ2) is 7.86. The van der Waals surface area contributed by atoms with E-state index in [-0.39, 0.29) is 11.5 Å². The molecule has 4 nitrogen and oxygen atoms in total. The van der Waals surface area contributed by atoms with E-state index < -0.39 is 5.82 Å². The second-order valence-corrected chi connectivity index (χ2v) is 7.27. The fourth-order valence-electron chi connectivity index (χ4n) is 4.41. The number of amides is 1. The van der Waals surface area contributed by atoms with Gasteiger partial charge >= 0.3 is 0 Å². The lowest BCUT2D eigenvalue weighted by molar-refractivity contribution is -0.130. The monoisotopic (exact) mass is 343 g/mol. The number of carbonyl (C=O) groups is 1. The highest BCUT2D eigenvalue weighted by atomic mass is 19.1. The van der Waals surface area contributed by atoms with Crippen LogP contribution in [-0.2, 0) is 4.79 Å². The third kappa shape index (κ3) is 3.95. The fourth-order valence-corrected chi connectivity index (χ4v) is 4.41. The van der Waals surface area contributed by atoms with Crippen LogP contribution in [0.2, 0.25) is 0 Å². The van der Waals surface area contributed by atoms with Crippen LogP contribution in [0.4, 0.5) is 10.1 Å². The van der Waals surface area contributed by atoms with Crippen LogP contribution < -0.4 is 4.90 Å². The molecular weight excluding hydrogens is 317 g/mol. The van der Waals surface area contributed by atoms with Crippen molar-refractivity contribution in [1.82, 2.24) is 4.90 Å². The molecule has 2 aliphatic heterocycles. The zero-order valence-corrected chi connectivity index (χ0v) is 14.9. The van der Waals surface area contributed by atoms with Crippen LogP contribution >= 0.6 is 0 Å². The minimum atomic E-state index is -0.433. The fraction of sp³-hybridized carbons (Fsp3) is 0.600. The molecule has 1 unspecified atom stereocenters. The SMILES string of the molecule is CC(=O)N1CCC(C2CCCN(c3cccc(F)c3C#N)CC2)CC1. The molecule has 0 spiro atoms. The van der Waals surface area contributed by atoms with E-state index in [1.165, 1.54) is 12.5 Å². The Bertz CT molecular complexity index is 661. The van der Waals surface area contributed by atoms with Crippen molar-refractivity contribution >= 4 is 11.6 Å². The number of rotatable bonds is 2. The van der Waals surface area contributed by atoms with Crippen molar-refractivity contribution in [2.24, 2.45) is 11.8 Å². The van der Waals surface area contributed by atoms with Crippen LogP contribution in [0.3, 0.4) is 0 Å². The quantitative estimate of drug-likeness (QED) is 0.825. The van der Waals surface area contributed by atoms with Crippen LogP contribution in [-0.4, -0.2) is 37.0 Å². The zero-order chi connectivity index (χ0) is 17.8. The van der Waals surface area contributed by atoms with Gasteiger partial charge in [0.05, 0.1) is 5.69 Å². The highest BCUT2D eigenvalue weighted by Gasteiger charge is 2.29. The highest BCUT2D eigenvalue weighted by Crippen LogP contribution is 2.34. The van der Waals surface area contributed by atoms with Gasteiger partial charge in [0.1, 0.15) is 17.4 Å². The molecule has 5 heteroatoms. The van der Waals surface area contributed by atoms with Crippen molar-refractivity contribution in [3.63, 3.8) is 0 Å². The molecule has 0 N–H and O–H groups in total. The summed E-state index contributed by atoms with van der Waals surface area (Å²) < 4.78 is 13.9. The van der Waals surface area contributed by atoms with Crippen LogP contribution in [0, 0.1) is 29.0 Å². The van der Waals surface area contributed by atoms with Crippen molar-refractivity contribution in [3.05, 3.63) is 29.6 Å². The van der Waals surface area contributed by atoms with Gasteiger partial charge in [0, 0.05) is 33.1 Å². The summed E-state index contributed by atoms with van der Waals surface area (Å²) in [4.78, 5) is 15.6. The Balaban J connectivity index is 1.63. The van der Waals surface area contributed by atoms with Gasteiger partial charge in [-0.2, -0.15) is 5.26 Å². The number of benzene rings is 1. The number of carbonyl (C=O) groups excluding carboxylic acids is 1. The Kier molecular flexibility index (Phi) is 5.57. The molecule has 0 aliphatic carbocycles. The molecule has 25 heavy (non-hydrogen) atoms. The number of nitrogens with zero attached hydrogens (tertiary/aromatic N) is 3. The summed E-state index contributed by atoms with van der Waals surface area (Å²) >= 11 is 0. The van der Waals surface area contributed by atoms with E-state index in [2.05, 4.69) is 4.90 Å². The molecule has 2 fully saturated rings. The van der Waals surface area contributed by atoms with E-state index in [1.54, 1.807) is 13.0 Å². The number of nitriles is 1. The van der Waals surface area contributed by atoms with Crippen molar-refractivity contribution in [2.75, 3.05) is 31.1 Å². The first kappa shape index (κ1) is 17.7. The molecule has 1 amide bonds. The average Bonchev–Trinajstić information content (AvgIpc) is 2.87. The van der Waals surface area contributed by atoms with Crippen molar-refractivity contribution < 1.29 is 9.18 Å². The summed E-state index contributed by atoms with van der Waals surface area (Å²) in [6, 6.07) is 6.91. The normalized spacial score (nSPS) is 22.4. The van der Waals surface area contributed by atoms with Gasteiger partial charge in [-0.15, -0.1) is 0 Å². The molecular formula is C20H26FN3O. The smallest absolute Gasteiger partial charge is 0.219 e. The summed E-state index contributed by atoms with van der Waals surface area (Å²) in [6.45, 7) is 5.15. The molecule has 134 valence electrons. The summed E-state index contributed by atoms with van der Waals surface area (Å²) in [7, 11) is 0. The molecule has 1 aromatic carbocycles. The molecule has 2 aliphatic rings. The van der Waals surface area contributed by atoms with Gasteiger partial charge in [0.15, 0.2) is 0 Å². The van der Waals surface area contributed by atoms with E-state index in [9.17, 15) is 14.4 Å². The van der Waals surface area contributed by atoms with Gasteiger partial charge in [-0.1, -0.05) is 6.07 Å². The Morgan fingerprint density at radius 3 is 2.48 bits per heavy atom. The van der Waals surface area contributed by atoms with Crippen LogP contribution in [0.5, 0.6) is 0 Å². The van der Waals surface area contributed by atoms with Gasteiger partial charge in [0.2, 0.25) is 5.91 Å². The number of likely N-dealkylation sites (tertiary alicyclic amines) is 1. The Morgan fingerprint density at radius 1 is 1.12 bits per heavy atom. The van der Waals surface area contributed by atoms with Crippen LogP contribution in [0.1, 0.15) is 44.6 Å². The standard InChI is InChI=1S/C20H26FN3O/c1-15(25)23-11-7-17(8-12-23)16-4-3-10-24(13-9-16)20-6-2-5-19(21)18(20)14-22/h2,5-6,16-17H,3-4,7-13H2,1H3. The third-order valence-electron chi connectivity index (χ3n) is 5.87. The maximum atomic E-state index is 13.9. The molecule has 3 rings (SSSR count). The molecule has 2 saturated heterocycles. The number of hydrogen-bond donors (Lipinski definition) is 0. The maximum absolute atomic E-state index is 13.9. The van der Waals surface area contributed by atoms with Crippen LogP contribution in [0.25, 0.3) is 0 Å². The maximum Gasteiger partial charge on any atom is 0.219 e. The first-order valence-electron chi connectivity index (χ1n) is 9.29. The number of anilines is 1. The first-order chi connectivity index (χ1) is 12.1. The van der Waals surface area contributed by atoms with Crippen molar-refractivity contribution in [2.45, 2.75) is 39.0 Å². The van der Waals surface area contributed by atoms with Gasteiger partial charge in [-0.25, -0.2) is 4.39 Å². The summed E-state index contributed by atoms with van der Waals surface area (Å²) in [5.41, 5.74) is 0.894. The highest BCUT2D eigenvalue weighted by molar-refractivity contribution is 5.73. The van der Waals surface area contributed by atoms with E-state index >= 15 is 0 Å². The third-order valence-corrected chi connectivity index (χ3v) is 5.87. The molecule has 1 atom stereocenters. The van der Waals surface area contributed by atoms with Gasteiger partial charge in [-0.3, -0.25) is 4.79 Å². The number of halogens is 1.